The number of nitrogens with zero attached hydrogens (tertiary/aromatic N) is 1. The molecule has 0 amide bonds. The summed E-state index contributed by atoms with van der Waals surface area (Å²) in [6.07, 6.45) is 0. The van der Waals surface area contributed by atoms with Gasteiger partial charge in [0.1, 0.15) is 0 Å². The molecule has 0 aliphatic rings. The van der Waals surface area contributed by atoms with Crippen LogP contribution in [0.1, 0.15) is 30.3 Å². The predicted octanol–water partition coefficient (Wildman–Crippen LogP) is 4.09. The Morgan fingerprint density at radius 2 is 1.87 bits per heavy atom. The molecule has 2 rings (SSSR count). The molecule has 5 heteroatoms. The van der Waals surface area contributed by atoms with Crippen molar-refractivity contribution in [3.05, 3.63) is 52.2 Å². The minimum Gasteiger partial charge on any atom is -0.395 e. The van der Waals surface area contributed by atoms with Gasteiger partial charge < -0.3 is 15.3 Å². The lowest BCUT2D eigenvalue weighted by molar-refractivity contribution is 0.304. The van der Waals surface area contributed by atoms with Crippen molar-refractivity contribution in [1.82, 2.24) is 5.32 Å². The van der Waals surface area contributed by atoms with Gasteiger partial charge in [-0.15, -0.1) is 23.7 Å². The third kappa shape index (κ3) is 5.81. The monoisotopic (exact) mass is 354 g/mol. The van der Waals surface area contributed by atoms with E-state index in [4.69, 9.17) is 5.11 Å². The molecule has 0 aliphatic heterocycles. The number of benzene rings is 1. The van der Waals surface area contributed by atoms with Crippen molar-refractivity contribution in [2.24, 2.45) is 5.92 Å². The largest absolute Gasteiger partial charge is 0.395 e. The van der Waals surface area contributed by atoms with Gasteiger partial charge in [0.25, 0.3) is 0 Å². The maximum Gasteiger partial charge on any atom is 0.0606 e. The summed E-state index contributed by atoms with van der Waals surface area (Å²) in [6, 6.07) is 13.3. The molecule has 0 fully saturated rings. The number of hydrogen-bond acceptors (Lipinski definition) is 4. The smallest absolute Gasteiger partial charge is 0.0606 e. The van der Waals surface area contributed by atoms with Crippen molar-refractivity contribution >= 4 is 29.4 Å². The molecule has 128 valence electrons. The zero-order valence-corrected chi connectivity index (χ0v) is 15.7. The molecule has 2 aromatic rings. The zero-order chi connectivity index (χ0) is 15.9. The molecule has 0 saturated heterocycles. The third-order valence-corrected chi connectivity index (χ3v) is 4.81. The van der Waals surface area contributed by atoms with E-state index in [0.717, 1.165) is 12.2 Å². The summed E-state index contributed by atoms with van der Waals surface area (Å²) in [7, 11) is 2.00. The molecule has 0 radical (unpaired) electrons. The Hall–Kier alpha value is -1.07. The van der Waals surface area contributed by atoms with Crippen LogP contribution in [0.3, 0.4) is 0 Å². The van der Waals surface area contributed by atoms with Crippen LogP contribution in [-0.2, 0) is 6.54 Å². The van der Waals surface area contributed by atoms with Crippen LogP contribution >= 0.6 is 23.7 Å². The van der Waals surface area contributed by atoms with E-state index in [-0.39, 0.29) is 19.0 Å². The average Bonchev–Trinajstić information content (AvgIpc) is 3.02. The molecular weight excluding hydrogens is 328 g/mol. The van der Waals surface area contributed by atoms with Gasteiger partial charge in [-0.3, -0.25) is 0 Å². The summed E-state index contributed by atoms with van der Waals surface area (Å²) < 4.78 is 0. The predicted molar refractivity (Wildman–Crippen MR) is 103 cm³/mol. The van der Waals surface area contributed by atoms with Gasteiger partial charge in [-0.05, 0) is 35.1 Å². The standard InChI is InChI=1S/C18H26N2OS.ClH/c1-14(2)18(17-5-4-12-22-17)19-13-15-6-8-16(9-7-15)20(3)10-11-21;/h4-9,12,14,18-19,21H,10-11,13H2,1-3H3;1H. The van der Waals surface area contributed by atoms with Crippen LogP contribution in [0.25, 0.3) is 0 Å². The van der Waals surface area contributed by atoms with Crippen LogP contribution in [-0.4, -0.2) is 25.3 Å². The molecule has 1 heterocycles. The van der Waals surface area contributed by atoms with Gasteiger partial charge in [-0.2, -0.15) is 0 Å². The quantitative estimate of drug-likeness (QED) is 0.749. The fraction of sp³-hybridized carbons (Fsp3) is 0.444. The summed E-state index contributed by atoms with van der Waals surface area (Å²) in [6.45, 7) is 6.21. The van der Waals surface area contributed by atoms with Gasteiger partial charge >= 0.3 is 0 Å². The summed E-state index contributed by atoms with van der Waals surface area (Å²) in [5.74, 6) is 0.564. The second-order valence-electron chi connectivity index (χ2n) is 5.93. The highest BCUT2D eigenvalue weighted by Gasteiger charge is 2.15. The van der Waals surface area contributed by atoms with Crippen LogP contribution in [0.2, 0.25) is 0 Å². The topological polar surface area (TPSA) is 35.5 Å². The SMILES string of the molecule is CC(C)C(NCc1ccc(N(C)CCO)cc1)c1cccs1.Cl. The summed E-state index contributed by atoms with van der Waals surface area (Å²) in [5, 5.41) is 14.8. The number of anilines is 1. The van der Waals surface area contributed by atoms with Crippen molar-refractivity contribution in [3.63, 3.8) is 0 Å². The van der Waals surface area contributed by atoms with Crippen molar-refractivity contribution in [1.29, 1.82) is 0 Å². The van der Waals surface area contributed by atoms with E-state index in [1.807, 2.05) is 18.4 Å². The molecule has 2 N–H and O–H groups in total. The maximum absolute atomic E-state index is 8.99. The molecule has 23 heavy (non-hydrogen) atoms. The Morgan fingerprint density at radius 3 is 2.39 bits per heavy atom. The molecule has 3 nitrogen and oxygen atoms in total. The Labute approximate surface area is 149 Å². The Morgan fingerprint density at radius 1 is 1.17 bits per heavy atom. The number of aliphatic hydroxyl groups is 1. The molecular formula is C18H27ClN2OS. The second kappa shape index (κ2) is 9.93. The van der Waals surface area contributed by atoms with Crippen LogP contribution in [0.15, 0.2) is 41.8 Å². The van der Waals surface area contributed by atoms with E-state index < -0.39 is 0 Å². The van der Waals surface area contributed by atoms with Crippen molar-refractivity contribution in [2.75, 3.05) is 25.1 Å². The van der Waals surface area contributed by atoms with Gasteiger partial charge in [-0.25, -0.2) is 0 Å². The molecule has 1 unspecified atom stereocenters. The first-order chi connectivity index (χ1) is 10.6. The van der Waals surface area contributed by atoms with Crippen molar-refractivity contribution in [3.8, 4) is 0 Å². The molecule has 0 saturated carbocycles. The number of rotatable bonds is 8. The Bertz CT molecular complexity index is 543. The van der Waals surface area contributed by atoms with Crippen molar-refractivity contribution < 1.29 is 5.11 Å². The van der Waals surface area contributed by atoms with E-state index in [9.17, 15) is 0 Å². The van der Waals surface area contributed by atoms with Gasteiger partial charge in [0, 0.05) is 36.7 Å². The van der Waals surface area contributed by atoms with E-state index in [1.165, 1.54) is 10.4 Å². The van der Waals surface area contributed by atoms with E-state index in [0.29, 0.717) is 18.5 Å². The fourth-order valence-electron chi connectivity index (χ4n) is 2.51. The third-order valence-electron chi connectivity index (χ3n) is 3.85. The molecule has 0 aliphatic carbocycles. The normalized spacial score (nSPS) is 12.0. The van der Waals surface area contributed by atoms with Gasteiger partial charge in [0.15, 0.2) is 0 Å². The lowest BCUT2D eigenvalue weighted by Gasteiger charge is -2.22. The van der Waals surface area contributed by atoms with Crippen LogP contribution in [0.5, 0.6) is 0 Å². The van der Waals surface area contributed by atoms with Crippen LogP contribution in [0.4, 0.5) is 5.69 Å². The van der Waals surface area contributed by atoms with Crippen molar-refractivity contribution in [2.45, 2.75) is 26.4 Å². The molecule has 0 bridgehead atoms. The maximum atomic E-state index is 8.99. The summed E-state index contributed by atoms with van der Waals surface area (Å²) >= 11 is 1.81. The fourth-order valence-corrected chi connectivity index (χ4v) is 3.48. The molecule has 0 spiro atoms. The first-order valence-corrected chi connectivity index (χ1v) is 8.67. The number of likely N-dealkylation sites (N-methyl/N-ethyl adjacent to an activating group) is 1. The number of halogens is 1. The summed E-state index contributed by atoms with van der Waals surface area (Å²) in [4.78, 5) is 3.45. The Balaban J connectivity index is 0.00000264. The van der Waals surface area contributed by atoms with E-state index in [2.05, 4.69) is 65.8 Å². The minimum atomic E-state index is 0. The number of thiophene rings is 1. The number of aliphatic hydroxyl groups excluding tert-OH is 1. The summed E-state index contributed by atoms with van der Waals surface area (Å²) in [5.41, 5.74) is 2.42. The minimum absolute atomic E-state index is 0. The Kier molecular flexibility index (Phi) is 8.63. The van der Waals surface area contributed by atoms with Gasteiger partial charge in [0.05, 0.1) is 6.61 Å². The molecule has 1 aromatic carbocycles. The zero-order valence-electron chi connectivity index (χ0n) is 14.0. The van der Waals surface area contributed by atoms with E-state index in [1.54, 1.807) is 0 Å². The van der Waals surface area contributed by atoms with Gasteiger partial charge in [-0.1, -0.05) is 32.0 Å². The number of nitrogens with one attached hydrogen (secondary N) is 1. The highest BCUT2D eigenvalue weighted by molar-refractivity contribution is 7.10. The highest BCUT2D eigenvalue weighted by Crippen LogP contribution is 2.26. The molecule has 1 aromatic heterocycles. The van der Waals surface area contributed by atoms with Crippen LogP contribution in [0, 0.1) is 5.92 Å². The van der Waals surface area contributed by atoms with Gasteiger partial charge in [0.2, 0.25) is 0 Å². The first-order valence-electron chi connectivity index (χ1n) is 7.79. The van der Waals surface area contributed by atoms with E-state index >= 15 is 0 Å². The second-order valence-corrected chi connectivity index (χ2v) is 6.91. The highest BCUT2D eigenvalue weighted by atomic mass is 35.5. The lowest BCUT2D eigenvalue weighted by Crippen LogP contribution is -2.24. The first kappa shape index (κ1) is 20.0. The molecule has 1 atom stereocenters. The average molecular weight is 355 g/mol. The van der Waals surface area contributed by atoms with Crippen LogP contribution < -0.4 is 10.2 Å². The number of hydrogen-bond donors (Lipinski definition) is 2. The lowest BCUT2D eigenvalue weighted by atomic mass is 10.0.